The zero-order valence-corrected chi connectivity index (χ0v) is 10.1. The molecule has 0 radical (unpaired) electrons. The highest BCUT2D eigenvalue weighted by Gasteiger charge is 2.20. The van der Waals surface area contributed by atoms with Gasteiger partial charge in [0.05, 0.1) is 13.2 Å². The molecule has 6 heteroatoms. The zero-order chi connectivity index (χ0) is 13.7. The Labute approximate surface area is 104 Å². The molecule has 0 saturated carbocycles. The van der Waals surface area contributed by atoms with Crippen LogP contribution in [-0.2, 0) is 0 Å². The lowest BCUT2D eigenvalue weighted by molar-refractivity contribution is 0.0508. The highest BCUT2D eigenvalue weighted by Crippen LogP contribution is 2.15. The maximum Gasteiger partial charge on any atom is 0.255 e. The molecule has 0 unspecified atom stereocenters. The van der Waals surface area contributed by atoms with E-state index < -0.39 is 18.9 Å². The van der Waals surface area contributed by atoms with Gasteiger partial charge in [0, 0.05) is 17.8 Å². The maximum atomic E-state index is 12.4. The Balaban J connectivity index is 2.97. The van der Waals surface area contributed by atoms with Crippen molar-refractivity contribution in [3.63, 3.8) is 0 Å². The van der Waals surface area contributed by atoms with Crippen LogP contribution in [0.2, 0.25) is 0 Å². The van der Waals surface area contributed by atoms with Crippen LogP contribution in [0.4, 0.5) is 14.5 Å². The van der Waals surface area contributed by atoms with Gasteiger partial charge in [0.2, 0.25) is 0 Å². The van der Waals surface area contributed by atoms with E-state index in [1.807, 2.05) is 0 Å². The lowest BCUT2D eigenvalue weighted by Crippen LogP contribution is -2.37. The summed E-state index contributed by atoms with van der Waals surface area (Å²) < 4.78 is 24.7. The molecule has 1 amide bonds. The highest BCUT2D eigenvalue weighted by atomic mass is 19.3. The first-order valence-corrected chi connectivity index (χ1v) is 5.50. The predicted octanol–water partition coefficient (Wildman–Crippen LogP) is 1.28. The lowest BCUT2D eigenvalue weighted by Gasteiger charge is -2.22. The second-order valence-corrected chi connectivity index (χ2v) is 3.94. The predicted molar refractivity (Wildman–Crippen MR) is 64.6 cm³/mol. The number of amides is 1. The topological polar surface area (TPSA) is 66.6 Å². The van der Waals surface area contributed by atoms with Gasteiger partial charge < -0.3 is 15.7 Å². The Morgan fingerprint density at radius 3 is 2.72 bits per heavy atom. The zero-order valence-electron chi connectivity index (χ0n) is 10.1. The molecule has 0 aliphatic rings. The molecular weight excluding hydrogens is 242 g/mol. The largest absolute Gasteiger partial charge is 0.399 e. The molecule has 0 bridgehead atoms. The van der Waals surface area contributed by atoms with Gasteiger partial charge in [-0.1, -0.05) is 6.07 Å². The average Bonchev–Trinajstić information content (AvgIpc) is 2.30. The van der Waals surface area contributed by atoms with Gasteiger partial charge in [-0.3, -0.25) is 4.79 Å². The SMILES string of the molecule is Cc1ccc(N)cc1C(=O)N(CCO)CC(F)F. The molecule has 0 atom stereocenters. The van der Waals surface area contributed by atoms with Crippen LogP contribution in [0.15, 0.2) is 18.2 Å². The Hall–Kier alpha value is -1.69. The molecule has 0 aromatic heterocycles. The first-order valence-electron chi connectivity index (χ1n) is 5.50. The highest BCUT2D eigenvalue weighted by molar-refractivity contribution is 5.96. The Bertz CT molecular complexity index is 425. The molecule has 1 rings (SSSR count). The lowest BCUT2D eigenvalue weighted by atomic mass is 10.1. The van der Waals surface area contributed by atoms with Gasteiger partial charge >= 0.3 is 0 Å². The number of nitrogens with zero attached hydrogens (tertiary/aromatic N) is 1. The molecule has 0 aliphatic carbocycles. The summed E-state index contributed by atoms with van der Waals surface area (Å²) in [6, 6.07) is 4.74. The van der Waals surface area contributed by atoms with Gasteiger partial charge in [-0.15, -0.1) is 0 Å². The van der Waals surface area contributed by atoms with E-state index in [9.17, 15) is 13.6 Å². The Morgan fingerprint density at radius 1 is 1.50 bits per heavy atom. The number of alkyl halides is 2. The van der Waals surface area contributed by atoms with Crippen molar-refractivity contribution in [1.29, 1.82) is 0 Å². The number of aliphatic hydroxyl groups excluding tert-OH is 1. The molecule has 0 heterocycles. The summed E-state index contributed by atoms with van der Waals surface area (Å²) in [7, 11) is 0. The summed E-state index contributed by atoms with van der Waals surface area (Å²) in [5, 5.41) is 8.81. The number of aliphatic hydroxyl groups is 1. The van der Waals surface area contributed by atoms with Gasteiger partial charge in [0.15, 0.2) is 0 Å². The summed E-state index contributed by atoms with van der Waals surface area (Å²) in [4.78, 5) is 13.0. The molecule has 18 heavy (non-hydrogen) atoms. The van der Waals surface area contributed by atoms with Crippen molar-refractivity contribution in [2.45, 2.75) is 13.3 Å². The van der Waals surface area contributed by atoms with E-state index in [4.69, 9.17) is 10.8 Å². The molecule has 0 saturated heterocycles. The second-order valence-electron chi connectivity index (χ2n) is 3.94. The van der Waals surface area contributed by atoms with Crippen molar-refractivity contribution >= 4 is 11.6 Å². The van der Waals surface area contributed by atoms with E-state index in [0.29, 0.717) is 11.3 Å². The number of nitrogens with two attached hydrogens (primary N) is 1. The van der Waals surface area contributed by atoms with E-state index in [0.717, 1.165) is 4.90 Å². The van der Waals surface area contributed by atoms with Crippen molar-refractivity contribution in [2.75, 3.05) is 25.4 Å². The minimum Gasteiger partial charge on any atom is -0.399 e. The number of hydrogen-bond acceptors (Lipinski definition) is 3. The number of nitrogen functional groups attached to an aromatic ring is 1. The van der Waals surface area contributed by atoms with E-state index in [1.165, 1.54) is 6.07 Å². The molecule has 4 nitrogen and oxygen atoms in total. The van der Waals surface area contributed by atoms with Crippen LogP contribution in [0.5, 0.6) is 0 Å². The van der Waals surface area contributed by atoms with Gasteiger partial charge in [0.25, 0.3) is 12.3 Å². The number of anilines is 1. The van der Waals surface area contributed by atoms with Crippen molar-refractivity contribution in [3.8, 4) is 0 Å². The first kappa shape index (κ1) is 14.4. The third-order valence-corrected chi connectivity index (χ3v) is 2.51. The Kier molecular flexibility index (Phi) is 5.03. The standard InChI is InChI=1S/C12H16F2N2O2/c1-8-2-3-9(15)6-10(8)12(18)16(4-5-17)7-11(13)14/h2-3,6,11,17H,4-5,7,15H2,1H3. The van der Waals surface area contributed by atoms with Crippen LogP contribution >= 0.6 is 0 Å². The maximum absolute atomic E-state index is 12.4. The first-order chi connectivity index (χ1) is 8.45. The molecule has 0 fully saturated rings. The van der Waals surface area contributed by atoms with Gasteiger partial charge in [-0.2, -0.15) is 0 Å². The van der Waals surface area contributed by atoms with Crippen LogP contribution in [0.3, 0.4) is 0 Å². The van der Waals surface area contributed by atoms with Crippen LogP contribution in [0.25, 0.3) is 0 Å². The summed E-state index contributed by atoms with van der Waals surface area (Å²) >= 11 is 0. The molecule has 1 aromatic carbocycles. The monoisotopic (exact) mass is 258 g/mol. The third-order valence-electron chi connectivity index (χ3n) is 2.51. The number of halogens is 2. The van der Waals surface area contributed by atoms with E-state index in [2.05, 4.69) is 0 Å². The quantitative estimate of drug-likeness (QED) is 0.782. The molecule has 100 valence electrons. The van der Waals surface area contributed by atoms with Gasteiger partial charge in [0.1, 0.15) is 0 Å². The molecule has 1 aromatic rings. The van der Waals surface area contributed by atoms with Crippen molar-refractivity contribution in [3.05, 3.63) is 29.3 Å². The summed E-state index contributed by atoms with van der Waals surface area (Å²) in [5.41, 5.74) is 6.91. The number of aryl methyl sites for hydroxylation is 1. The fourth-order valence-electron chi connectivity index (χ4n) is 1.60. The van der Waals surface area contributed by atoms with Crippen molar-refractivity contribution < 1.29 is 18.7 Å². The summed E-state index contributed by atoms with van der Waals surface area (Å²) in [6.45, 7) is 0.511. The molecular formula is C12H16F2N2O2. The summed E-state index contributed by atoms with van der Waals surface area (Å²) in [5.74, 6) is -0.547. The van der Waals surface area contributed by atoms with Crippen LogP contribution in [0.1, 0.15) is 15.9 Å². The molecule has 3 N–H and O–H groups in total. The minimum atomic E-state index is -2.64. The van der Waals surface area contributed by atoms with Crippen LogP contribution in [0, 0.1) is 6.92 Å². The average molecular weight is 258 g/mol. The molecule has 0 aliphatic heterocycles. The number of hydrogen-bond donors (Lipinski definition) is 2. The Morgan fingerprint density at radius 2 is 2.17 bits per heavy atom. The third kappa shape index (κ3) is 3.66. The number of carbonyl (C=O) groups excluding carboxylic acids is 1. The minimum absolute atomic E-state index is 0.128. The normalized spacial score (nSPS) is 10.7. The molecule has 0 spiro atoms. The number of rotatable bonds is 5. The summed E-state index contributed by atoms with van der Waals surface area (Å²) in [6.07, 6.45) is -2.64. The van der Waals surface area contributed by atoms with Gasteiger partial charge in [-0.05, 0) is 24.6 Å². The number of benzene rings is 1. The van der Waals surface area contributed by atoms with Crippen molar-refractivity contribution in [2.24, 2.45) is 0 Å². The van der Waals surface area contributed by atoms with E-state index >= 15 is 0 Å². The number of carbonyl (C=O) groups is 1. The second kappa shape index (κ2) is 6.30. The van der Waals surface area contributed by atoms with E-state index in [-0.39, 0.29) is 18.7 Å². The fourth-order valence-corrected chi connectivity index (χ4v) is 1.60. The van der Waals surface area contributed by atoms with E-state index in [1.54, 1.807) is 19.1 Å². The smallest absolute Gasteiger partial charge is 0.255 e. The van der Waals surface area contributed by atoms with Crippen molar-refractivity contribution in [1.82, 2.24) is 4.90 Å². The fraction of sp³-hybridized carbons (Fsp3) is 0.417. The van der Waals surface area contributed by atoms with Crippen LogP contribution in [-0.4, -0.2) is 42.0 Å². The van der Waals surface area contributed by atoms with Gasteiger partial charge in [-0.25, -0.2) is 8.78 Å². The van der Waals surface area contributed by atoms with Crippen LogP contribution < -0.4 is 5.73 Å².